The van der Waals surface area contributed by atoms with Gasteiger partial charge in [0.1, 0.15) is 17.9 Å². The summed E-state index contributed by atoms with van der Waals surface area (Å²) in [4.78, 5) is 61.3. The zero-order valence-corrected chi connectivity index (χ0v) is 18.4. The minimum atomic E-state index is -5.70. The standard InChI is InChI=1S/C12H18N3O14P3/c13-3-1-2-7-5-15(12(18)14-11(7)17)10-4-8(16)9(27-10)6-26-31(22,23)29-32(24,25)28-30(19,20)21/h5,8-10,16H,3-4,6,13H2,(H,22,23)(H,24,25)(H,14,17,18)(H2,19,20,21)/t8-,9?,10?/m1/s1. The van der Waals surface area contributed by atoms with Gasteiger partial charge in [0, 0.05) is 12.6 Å². The average molecular weight is 521 g/mol. The molecule has 8 N–H and O–H groups in total. The van der Waals surface area contributed by atoms with Crippen LogP contribution in [0.2, 0.25) is 0 Å². The molecule has 1 fully saturated rings. The number of H-pyrrole nitrogens is 1. The van der Waals surface area contributed by atoms with Gasteiger partial charge in [0.2, 0.25) is 0 Å². The van der Waals surface area contributed by atoms with E-state index in [0.29, 0.717) is 0 Å². The highest BCUT2D eigenvalue weighted by atomic mass is 31.3. The number of ether oxygens (including phenoxy) is 1. The van der Waals surface area contributed by atoms with Crippen molar-refractivity contribution in [2.24, 2.45) is 5.73 Å². The number of nitrogens with one attached hydrogen (secondary N) is 1. The molecular formula is C12H18N3O14P3. The van der Waals surface area contributed by atoms with Crippen LogP contribution in [-0.2, 0) is 31.6 Å². The van der Waals surface area contributed by atoms with Crippen LogP contribution in [-0.4, -0.2) is 59.6 Å². The first-order valence-corrected chi connectivity index (χ1v) is 12.8. The van der Waals surface area contributed by atoms with Crippen LogP contribution in [0.5, 0.6) is 0 Å². The van der Waals surface area contributed by atoms with Gasteiger partial charge in [-0.3, -0.25) is 18.9 Å². The topological polar surface area (TPSA) is 270 Å². The highest BCUT2D eigenvalue weighted by Gasteiger charge is 2.43. The lowest BCUT2D eigenvalue weighted by molar-refractivity contribution is -0.0450. The summed E-state index contributed by atoms with van der Waals surface area (Å²) >= 11 is 0. The number of phosphoric acid groups is 3. The minimum absolute atomic E-state index is 0.0557. The number of nitrogens with zero attached hydrogens (tertiary/aromatic N) is 1. The number of aromatic amines is 1. The van der Waals surface area contributed by atoms with Crippen molar-refractivity contribution in [1.29, 1.82) is 0 Å². The van der Waals surface area contributed by atoms with Crippen LogP contribution in [0.3, 0.4) is 0 Å². The van der Waals surface area contributed by atoms with Crippen molar-refractivity contribution in [3.05, 3.63) is 32.6 Å². The molecule has 0 radical (unpaired) electrons. The second-order valence-corrected chi connectivity index (χ2v) is 10.5. The van der Waals surface area contributed by atoms with Crippen molar-refractivity contribution >= 4 is 23.5 Å². The molecule has 0 amide bonds. The van der Waals surface area contributed by atoms with Gasteiger partial charge in [-0.1, -0.05) is 11.8 Å². The molecule has 180 valence electrons. The van der Waals surface area contributed by atoms with E-state index in [1.165, 1.54) is 0 Å². The maximum Gasteiger partial charge on any atom is 0.490 e. The molecule has 1 aliphatic heterocycles. The normalized spacial score (nSPS) is 24.9. The summed E-state index contributed by atoms with van der Waals surface area (Å²) in [5.41, 5.74) is 3.42. The van der Waals surface area contributed by atoms with Gasteiger partial charge in [-0.25, -0.2) is 18.5 Å². The zero-order valence-electron chi connectivity index (χ0n) is 15.7. The fourth-order valence-electron chi connectivity index (χ4n) is 2.44. The number of phosphoric ester groups is 1. The lowest BCUT2D eigenvalue weighted by Gasteiger charge is -2.19. The fraction of sp³-hybridized carbons (Fsp3) is 0.500. The van der Waals surface area contributed by atoms with Gasteiger partial charge < -0.3 is 35.2 Å². The molecule has 17 nitrogen and oxygen atoms in total. The summed E-state index contributed by atoms with van der Waals surface area (Å²) in [5.74, 6) is 4.87. The van der Waals surface area contributed by atoms with Crippen molar-refractivity contribution in [3.63, 3.8) is 0 Å². The first-order valence-electron chi connectivity index (χ1n) is 8.29. The van der Waals surface area contributed by atoms with E-state index in [0.717, 1.165) is 10.8 Å². The van der Waals surface area contributed by atoms with Crippen LogP contribution < -0.4 is 17.0 Å². The average Bonchev–Trinajstić information content (AvgIpc) is 2.97. The number of hydrogen-bond donors (Lipinski definition) is 7. The maximum absolute atomic E-state index is 12.1. The van der Waals surface area contributed by atoms with E-state index in [4.69, 9.17) is 25.2 Å². The number of aliphatic hydroxyl groups excluding tert-OH is 1. The second kappa shape index (κ2) is 10.2. The Bertz CT molecular complexity index is 1160. The SMILES string of the molecule is NCC#Cc1cn(C2C[C@@H](O)C(COP(=O)(O)OP(=O)(O)OP(=O)(O)O)O2)c(=O)[nH]c1=O. The first kappa shape index (κ1) is 26.8. The quantitative estimate of drug-likeness (QED) is 0.142. The number of aliphatic hydroxyl groups is 1. The summed E-state index contributed by atoms with van der Waals surface area (Å²) < 4.78 is 51.4. The Hall–Kier alpha value is -1.47. The first-order chi connectivity index (χ1) is 14.6. The number of nitrogens with two attached hydrogens (primary N) is 1. The van der Waals surface area contributed by atoms with E-state index >= 15 is 0 Å². The summed E-state index contributed by atoms with van der Waals surface area (Å²) in [7, 11) is -16.7. The van der Waals surface area contributed by atoms with Crippen LogP contribution in [0.1, 0.15) is 18.2 Å². The third-order valence-corrected chi connectivity index (χ3v) is 7.43. The molecule has 2 rings (SSSR count). The highest BCUT2D eigenvalue weighted by molar-refractivity contribution is 7.66. The Morgan fingerprint density at radius 1 is 1.19 bits per heavy atom. The third-order valence-electron chi connectivity index (χ3n) is 3.63. The molecule has 1 aromatic heterocycles. The Morgan fingerprint density at radius 3 is 2.44 bits per heavy atom. The fourth-order valence-corrected chi connectivity index (χ4v) is 5.47. The van der Waals surface area contributed by atoms with Crippen molar-refractivity contribution in [3.8, 4) is 11.8 Å². The van der Waals surface area contributed by atoms with Crippen LogP contribution >= 0.6 is 23.5 Å². The number of hydrogen-bond acceptors (Lipinski definition) is 11. The van der Waals surface area contributed by atoms with E-state index < -0.39 is 59.8 Å². The summed E-state index contributed by atoms with van der Waals surface area (Å²) in [5, 5.41) is 10.1. The third kappa shape index (κ3) is 7.84. The van der Waals surface area contributed by atoms with E-state index in [1.54, 1.807) is 0 Å². The predicted molar refractivity (Wildman–Crippen MR) is 102 cm³/mol. The molecule has 0 bridgehead atoms. The van der Waals surface area contributed by atoms with Crippen LogP contribution in [0.4, 0.5) is 0 Å². The largest absolute Gasteiger partial charge is 0.490 e. The monoisotopic (exact) mass is 521 g/mol. The van der Waals surface area contributed by atoms with Gasteiger partial charge in [-0.05, 0) is 0 Å². The van der Waals surface area contributed by atoms with Gasteiger partial charge in [-0.2, -0.15) is 8.62 Å². The molecule has 0 aliphatic carbocycles. The second-order valence-electron chi connectivity index (χ2n) is 6.03. The molecule has 0 spiro atoms. The van der Waals surface area contributed by atoms with Crippen LogP contribution in [0.25, 0.3) is 0 Å². The molecule has 1 aliphatic rings. The number of aromatic nitrogens is 2. The molecular weight excluding hydrogens is 503 g/mol. The smallest absolute Gasteiger partial charge is 0.390 e. The number of rotatable bonds is 8. The Balaban J connectivity index is 2.09. The van der Waals surface area contributed by atoms with E-state index in [9.17, 15) is 33.3 Å². The minimum Gasteiger partial charge on any atom is -0.390 e. The molecule has 4 unspecified atom stereocenters. The van der Waals surface area contributed by atoms with Gasteiger partial charge in [0.25, 0.3) is 5.56 Å². The molecule has 20 heteroatoms. The van der Waals surface area contributed by atoms with Crippen molar-refractivity contribution < 1.29 is 56.3 Å². The lowest BCUT2D eigenvalue weighted by Crippen LogP contribution is -2.33. The van der Waals surface area contributed by atoms with Crippen LogP contribution in [0, 0.1) is 11.8 Å². The van der Waals surface area contributed by atoms with E-state index in [1.807, 2.05) is 4.98 Å². The van der Waals surface area contributed by atoms with Crippen molar-refractivity contribution in [2.75, 3.05) is 13.2 Å². The highest BCUT2D eigenvalue weighted by Crippen LogP contribution is 2.66. The van der Waals surface area contributed by atoms with Gasteiger partial charge in [-0.15, -0.1) is 0 Å². The Morgan fingerprint density at radius 2 is 1.84 bits per heavy atom. The molecule has 32 heavy (non-hydrogen) atoms. The van der Waals surface area contributed by atoms with Crippen molar-refractivity contribution in [1.82, 2.24) is 9.55 Å². The van der Waals surface area contributed by atoms with Crippen molar-refractivity contribution in [2.45, 2.75) is 24.9 Å². The zero-order chi connectivity index (χ0) is 24.3. The lowest BCUT2D eigenvalue weighted by atomic mass is 10.2. The summed E-state index contributed by atoms with van der Waals surface area (Å²) in [6.45, 7) is -0.973. The predicted octanol–water partition coefficient (Wildman–Crippen LogP) is -2.16. The van der Waals surface area contributed by atoms with Gasteiger partial charge in [0.05, 0.1) is 19.3 Å². The summed E-state index contributed by atoms with van der Waals surface area (Å²) in [6.07, 6.45) is -3.07. The maximum atomic E-state index is 12.1. The molecule has 0 saturated carbocycles. The van der Waals surface area contributed by atoms with Gasteiger partial charge in [0.15, 0.2) is 0 Å². The van der Waals surface area contributed by atoms with E-state index in [2.05, 4.69) is 25.0 Å². The Kier molecular flexibility index (Phi) is 8.54. The molecule has 0 aromatic carbocycles. The van der Waals surface area contributed by atoms with Gasteiger partial charge >= 0.3 is 29.2 Å². The molecule has 5 atom stereocenters. The molecule has 1 aromatic rings. The summed E-state index contributed by atoms with van der Waals surface area (Å²) in [6, 6.07) is 0. The van der Waals surface area contributed by atoms with Crippen LogP contribution in [0.15, 0.2) is 15.8 Å². The van der Waals surface area contributed by atoms with E-state index in [-0.39, 0.29) is 18.5 Å². The molecule has 2 heterocycles. The molecule has 1 saturated heterocycles. The Labute approximate surface area is 178 Å².